The molecule has 2 rings (SSSR count). The minimum atomic E-state index is -0.606. The monoisotopic (exact) mass is 292 g/mol. The van der Waals surface area contributed by atoms with Gasteiger partial charge in [0.15, 0.2) is 0 Å². The molecule has 2 aromatic rings. The van der Waals surface area contributed by atoms with Crippen molar-refractivity contribution in [3.63, 3.8) is 0 Å². The lowest BCUT2D eigenvalue weighted by Crippen LogP contribution is -2.08. The van der Waals surface area contributed by atoms with Crippen LogP contribution in [0.15, 0.2) is 36.4 Å². The van der Waals surface area contributed by atoms with Crippen LogP contribution in [-0.4, -0.2) is 12.6 Å². The van der Waals surface area contributed by atoms with Crippen LogP contribution >= 0.6 is 0 Å². The number of nitrogens with two attached hydrogens (primary N) is 1. The number of carbonyl (C=O) groups excluding carboxylic acids is 1. The number of benzene rings is 2. The van der Waals surface area contributed by atoms with Crippen LogP contribution in [0.4, 0.5) is 25.8 Å². The van der Waals surface area contributed by atoms with Crippen molar-refractivity contribution in [1.82, 2.24) is 0 Å². The number of esters is 1. The summed E-state index contributed by atoms with van der Waals surface area (Å²) < 4.78 is 31.6. The van der Waals surface area contributed by atoms with Crippen LogP contribution in [0.3, 0.4) is 0 Å². The van der Waals surface area contributed by atoms with Crippen molar-refractivity contribution in [2.45, 2.75) is 6.92 Å². The maximum atomic E-state index is 13.6. The molecule has 0 aliphatic carbocycles. The highest BCUT2D eigenvalue weighted by atomic mass is 19.1. The second-order valence-corrected chi connectivity index (χ2v) is 4.27. The molecule has 0 radical (unpaired) electrons. The molecule has 0 saturated carbocycles. The minimum Gasteiger partial charge on any atom is -0.462 e. The molecular formula is C15H14F2N2O2. The van der Waals surface area contributed by atoms with Gasteiger partial charge >= 0.3 is 5.97 Å². The fraction of sp³-hybridized carbons (Fsp3) is 0.133. The Bertz CT molecular complexity index is 675. The second-order valence-electron chi connectivity index (χ2n) is 4.27. The van der Waals surface area contributed by atoms with E-state index >= 15 is 0 Å². The average molecular weight is 292 g/mol. The fourth-order valence-electron chi connectivity index (χ4n) is 1.77. The lowest BCUT2D eigenvalue weighted by Gasteiger charge is -2.11. The number of rotatable bonds is 4. The van der Waals surface area contributed by atoms with Gasteiger partial charge in [0.25, 0.3) is 0 Å². The molecule has 21 heavy (non-hydrogen) atoms. The molecule has 2 aromatic carbocycles. The van der Waals surface area contributed by atoms with Gasteiger partial charge in [-0.1, -0.05) is 0 Å². The predicted octanol–water partition coefficient (Wildman–Crippen LogP) is 3.47. The third kappa shape index (κ3) is 3.47. The van der Waals surface area contributed by atoms with E-state index in [1.54, 1.807) is 13.0 Å². The highest BCUT2D eigenvalue weighted by Crippen LogP contribution is 2.24. The van der Waals surface area contributed by atoms with E-state index in [2.05, 4.69) is 5.32 Å². The van der Waals surface area contributed by atoms with Gasteiger partial charge in [-0.15, -0.1) is 0 Å². The van der Waals surface area contributed by atoms with Crippen molar-refractivity contribution in [2.75, 3.05) is 17.7 Å². The Morgan fingerprint density at radius 2 is 2.00 bits per heavy atom. The van der Waals surface area contributed by atoms with Gasteiger partial charge in [0.2, 0.25) is 0 Å². The summed E-state index contributed by atoms with van der Waals surface area (Å²) in [6.45, 7) is 1.90. The molecule has 0 aromatic heterocycles. The van der Waals surface area contributed by atoms with E-state index in [1.807, 2.05) is 0 Å². The average Bonchev–Trinajstić information content (AvgIpc) is 2.45. The first-order valence-corrected chi connectivity index (χ1v) is 6.30. The first-order valence-electron chi connectivity index (χ1n) is 6.30. The van der Waals surface area contributed by atoms with Gasteiger partial charge < -0.3 is 15.8 Å². The van der Waals surface area contributed by atoms with E-state index in [9.17, 15) is 13.6 Å². The second kappa shape index (κ2) is 6.21. The van der Waals surface area contributed by atoms with Gasteiger partial charge in [-0.2, -0.15) is 0 Å². The van der Waals surface area contributed by atoms with Crippen LogP contribution in [0, 0.1) is 11.6 Å². The third-order valence-corrected chi connectivity index (χ3v) is 2.76. The van der Waals surface area contributed by atoms with Gasteiger partial charge in [-0.25, -0.2) is 13.6 Å². The standard InChI is InChI=1S/C15H14F2N2O2/c1-2-21-15(20)11-8-10(4-6-13(11)18)19-14-7-9(16)3-5-12(14)17/h3-8,19H,2,18H2,1H3. The van der Waals surface area contributed by atoms with Crippen molar-refractivity contribution in [3.8, 4) is 0 Å². The zero-order valence-electron chi connectivity index (χ0n) is 11.3. The normalized spacial score (nSPS) is 10.2. The van der Waals surface area contributed by atoms with Gasteiger partial charge in [-0.05, 0) is 37.3 Å². The topological polar surface area (TPSA) is 64.3 Å². The number of nitrogen functional groups attached to an aromatic ring is 1. The van der Waals surface area contributed by atoms with Crippen LogP contribution < -0.4 is 11.1 Å². The molecule has 0 heterocycles. The number of anilines is 3. The lowest BCUT2D eigenvalue weighted by molar-refractivity contribution is 0.0527. The molecule has 0 bridgehead atoms. The summed E-state index contributed by atoms with van der Waals surface area (Å²) in [6.07, 6.45) is 0. The lowest BCUT2D eigenvalue weighted by atomic mass is 10.1. The zero-order valence-corrected chi connectivity index (χ0v) is 11.3. The highest BCUT2D eigenvalue weighted by Gasteiger charge is 2.12. The Kier molecular flexibility index (Phi) is 4.37. The van der Waals surface area contributed by atoms with E-state index in [4.69, 9.17) is 10.5 Å². The van der Waals surface area contributed by atoms with E-state index in [1.165, 1.54) is 12.1 Å². The maximum absolute atomic E-state index is 13.6. The molecule has 110 valence electrons. The summed E-state index contributed by atoms with van der Waals surface area (Å²) in [6, 6.07) is 7.54. The molecule has 0 aliphatic rings. The number of hydrogen-bond acceptors (Lipinski definition) is 4. The first kappa shape index (κ1) is 14.8. The van der Waals surface area contributed by atoms with Crippen LogP contribution in [0.2, 0.25) is 0 Å². The van der Waals surface area contributed by atoms with Gasteiger partial charge in [-0.3, -0.25) is 0 Å². The SMILES string of the molecule is CCOC(=O)c1cc(Nc2cc(F)ccc2F)ccc1N. The zero-order chi connectivity index (χ0) is 15.4. The third-order valence-electron chi connectivity index (χ3n) is 2.76. The van der Waals surface area contributed by atoms with Crippen LogP contribution in [-0.2, 0) is 4.74 Å². The first-order chi connectivity index (χ1) is 10.0. The molecule has 0 unspecified atom stereocenters. The Hall–Kier alpha value is -2.63. The Labute approximate surface area is 120 Å². The number of carbonyl (C=O) groups is 1. The summed E-state index contributed by atoms with van der Waals surface area (Å²) in [5.74, 6) is -1.75. The number of ether oxygens (including phenoxy) is 1. The summed E-state index contributed by atoms with van der Waals surface area (Å²) in [5, 5.41) is 2.70. The Morgan fingerprint density at radius 1 is 1.24 bits per heavy atom. The van der Waals surface area contributed by atoms with Gasteiger partial charge in [0.05, 0.1) is 17.9 Å². The quantitative estimate of drug-likeness (QED) is 0.669. The van der Waals surface area contributed by atoms with Crippen molar-refractivity contribution >= 4 is 23.0 Å². The molecule has 0 amide bonds. The highest BCUT2D eigenvalue weighted by molar-refractivity contribution is 5.96. The van der Waals surface area contributed by atoms with Crippen molar-refractivity contribution in [1.29, 1.82) is 0 Å². The van der Waals surface area contributed by atoms with E-state index in [-0.39, 0.29) is 23.5 Å². The summed E-state index contributed by atoms with van der Waals surface area (Å²) >= 11 is 0. The summed E-state index contributed by atoms with van der Waals surface area (Å²) in [5.41, 5.74) is 6.49. The molecule has 0 atom stereocenters. The van der Waals surface area contributed by atoms with Crippen molar-refractivity contribution in [3.05, 3.63) is 53.6 Å². The molecule has 3 N–H and O–H groups in total. The molecule has 4 nitrogen and oxygen atoms in total. The molecule has 0 aliphatic heterocycles. The van der Waals surface area contributed by atoms with E-state index < -0.39 is 17.6 Å². The largest absolute Gasteiger partial charge is 0.462 e. The Balaban J connectivity index is 2.31. The molecular weight excluding hydrogens is 278 g/mol. The van der Waals surface area contributed by atoms with Crippen molar-refractivity contribution in [2.24, 2.45) is 0 Å². The predicted molar refractivity (Wildman–Crippen MR) is 76.5 cm³/mol. The summed E-state index contributed by atoms with van der Waals surface area (Å²) in [7, 11) is 0. The smallest absolute Gasteiger partial charge is 0.340 e. The van der Waals surface area contributed by atoms with E-state index in [0.717, 1.165) is 18.2 Å². The fourth-order valence-corrected chi connectivity index (χ4v) is 1.77. The van der Waals surface area contributed by atoms with E-state index in [0.29, 0.717) is 5.69 Å². The van der Waals surface area contributed by atoms with Crippen molar-refractivity contribution < 1.29 is 18.3 Å². The van der Waals surface area contributed by atoms with Crippen LogP contribution in [0.5, 0.6) is 0 Å². The number of nitrogens with one attached hydrogen (secondary N) is 1. The molecule has 0 spiro atoms. The molecule has 6 heteroatoms. The molecule has 0 saturated heterocycles. The summed E-state index contributed by atoms with van der Waals surface area (Å²) in [4.78, 5) is 11.7. The van der Waals surface area contributed by atoms with Gasteiger partial charge in [0, 0.05) is 17.4 Å². The molecule has 0 fully saturated rings. The minimum absolute atomic E-state index is 0.0328. The number of hydrogen-bond donors (Lipinski definition) is 2. The Morgan fingerprint density at radius 3 is 2.71 bits per heavy atom. The number of halogens is 2. The maximum Gasteiger partial charge on any atom is 0.340 e. The van der Waals surface area contributed by atoms with Gasteiger partial charge in [0.1, 0.15) is 11.6 Å². The van der Waals surface area contributed by atoms with Crippen LogP contribution in [0.1, 0.15) is 17.3 Å². The van der Waals surface area contributed by atoms with Crippen LogP contribution in [0.25, 0.3) is 0 Å².